The third-order valence-electron chi connectivity index (χ3n) is 2.05. The van der Waals surface area contributed by atoms with Crippen LogP contribution in [0.5, 0.6) is 0 Å². The van der Waals surface area contributed by atoms with Gasteiger partial charge in [-0.2, -0.15) is 18.2 Å². The van der Waals surface area contributed by atoms with Gasteiger partial charge in [0, 0.05) is 4.90 Å². The van der Waals surface area contributed by atoms with Gasteiger partial charge in [0.15, 0.2) is 0 Å². The van der Waals surface area contributed by atoms with Crippen molar-refractivity contribution >= 4 is 23.5 Å². The smallest absolute Gasteiger partial charge is 0.211 e. The fourth-order valence-corrected chi connectivity index (χ4v) is 2.11. The summed E-state index contributed by atoms with van der Waals surface area (Å²) in [5, 5.41) is 0. The van der Waals surface area contributed by atoms with E-state index in [0.29, 0.717) is 22.3 Å². The van der Waals surface area contributed by atoms with Crippen LogP contribution in [0.4, 0.5) is 18.9 Å². The molecule has 0 aliphatic carbocycles. The van der Waals surface area contributed by atoms with Crippen molar-refractivity contribution in [2.75, 3.05) is 5.75 Å². The van der Waals surface area contributed by atoms with E-state index >= 15 is 0 Å². The molecular weight excluding hydrogens is 251 g/mol. The minimum absolute atomic E-state index is 0.357. The number of halogens is 3. The number of nitrogens with zero attached hydrogens (tertiary/aromatic N) is 1. The van der Waals surface area contributed by atoms with E-state index in [0.717, 1.165) is 11.1 Å². The van der Waals surface area contributed by atoms with Crippen LogP contribution in [0.25, 0.3) is 0 Å². The highest BCUT2D eigenvalue weighted by atomic mass is 32.2. The lowest BCUT2D eigenvalue weighted by Gasteiger charge is -2.10. The van der Waals surface area contributed by atoms with Crippen LogP contribution in [0.15, 0.2) is 22.0 Å². The molecule has 1 rings (SSSR count). The molecule has 0 aliphatic rings. The van der Waals surface area contributed by atoms with Crippen molar-refractivity contribution in [2.24, 2.45) is 4.99 Å². The predicted octanol–water partition coefficient (Wildman–Crippen LogP) is 3.93. The molecule has 0 fully saturated rings. The molecule has 0 atom stereocenters. The summed E-state index contributed by atoms with van der Waals surface area (Å²) in [7, 11) is 0. The molecular formula is C11H10F3NOS. The zero-order valence-corrected chi connectivity index (χ0v) is 10.1. The Kier molecular flexibility index (Phi) is 4.37. The van der Waals surface area contributed by atoms with E-state index in [-0.39, 0.29) is 0 Å². The second kappa shape index (κ2) is 5.38. The third-order valence-corrected chi connectivity index (χ3v) is 3.27. The Morgan fingerprint density at radius 3 is 2.47 bits per heavy atom. The van der Waals surface area contributed by atoms with Crippen molar-refractivity contribution in [2.45, 2.75) is 24.9 Å². The van der Waals surface area contributed by atoms with Crippen molar-refractivity contribution in [3.05, 3.63) is 23.3 Å². The molecule has 0 N–H and O–H groups in total. The number of aliphatic imine (C=N–C) groups is 1. The molecule has 17 heavy (non-hydrogen) atoms. The van der Waals surface area contributed by atoms with Crippen LogP contribution >= 0.6 is 11.8 Å². The normalized spacial score (nSPS) is 11.1. The molecule has 0 heterocycles. The first kappa shape index (κ1) is 13.8. The average Bonchev–Trinajstić information content (AvgIpc) is 2.19. The van der Waals surface area contributed by atoms with Crippen LogP contribution in [0, 0.1) is 13.8 Å². The zero-order valence-electron chi connectivity index (χ0n) is 9.26. The number of aryl methyl sites for hydroxylation is 2. The fourth-order valence-electron chi connectivity index (χ4n) is 1.31. The lowest BCUT2D eigenvalue weighted by atomic mass is 10.1. The molecule has 0 saturated carbocycles. The molecule has 6 heteroatoms. The maximum atomic E-state index is 12.1. The average molecular weight is 261 g/mol. The SMILES string of the molecule is Cc1cc(C)c(SCC(F)(F)F)cc1N=C=O. The first-order valence-electron chi connectivity index (χ1n) is 4.72. The van der Waals surface area contributed by atoms with E-state index < -0.39 is 11.9 Å². The summed E-state index contributed by atoms with van der Waals surface area (Å²) in [5.74, 6) is -0.957. The first-order chi connectivity index (χ1) is 7.83. The van der Waals surface area contributed by atoms with Crippen LogP contribution < -0.4 is 0 Å². The summed E-state index contributed by atoms with van der Waals surface area (Å²) >= 11 is 0.688. The maximum Gasteiger partial charge on any atom is 0.398 e. The van der Waals surface area contributed by atoms with E-state index in [2.05, 4.69) is 4.99 Å². The Labute approximate surface area is 101 Å². The molecule has 0 unspecified atom stereocenters. The molecule has 2 nitrogen and oxygen atoms in total. The molecule has 0 saturated heterocycles. The van der Waals surface area contributed by atoms with Crippen molar-refractivity contribution in [3.63, 3.8) is 0 Å². The number of rotatable bonds is 3. The van der Waals surface area contributed by atoms with Gasteiger partial charge in [0.25, 0.3) is 0 Å². The van der Waals surface area contributed by atoms with E-state index in [1.54, 1.807) is 19.9 Å². The van der Waals surface area contributed by atoms with Gasteiger partial charge in [0.2, 0.25) is 6.08 Å². The Balaban J connectivity index is 2.99. The minimum atomic E-state index is -4.21. The number of carbonyl (C=O) groups excluding carboxylic acids is 1. The summed E-state index contributed by atoms with van der Waals surface area (Å²) in [6.45, 7) is 3.46. The van der Waals surface area contributed by atoms with Gasteiger partial charge < -0.3 is 0 Å². The minimum Gasteiger partial charge on any atom is -0.211 e. The summed E-state index contributed by atoms with van der Waals surface area (Å²) in [5.41, 5.74) is 1.83. The lowest BCUT2D eigenvalue weighted by Crippen LogP contribution is -2.10. The van der Waals surface area contributed by atoms with Gasteiger partial charge in [0.05, 0.1) is 11.4 Å². The summed E-state index contributed by atoms with van der Waals surface area (Å²) in [4.78, 5) is 14.1. The van der Waals surface area contributed by atoms with Crippen LogP contribution in [0.1, 0.15) is 11.1 Å². The Morgan fingerprint density at radius 1 is 1.29 bits per heavy atom. The van der Waals surface area contributed by atoms with Gasteiger partial charge in [-0.3, -0.25) is 0 Å². The molecule has 92 valence electrons. The molecule has 1 aromatic rings. The molecule has 0 aromatic heterocycles. The highest BCUT2D eigenvalue weighted by Crippen LogP contribution is 2.33. The van der Waals surface area contributed by atoms with Crippen LogP contribution in [-0.4, -0.2) is 18.0 Å². The van der Waals surface area contributed by atoms with Gasteiger partial charge in [-0.15, -0.1) is 11.8 Å². The van der Waals surface area contributed by atoms with Crippen molar-refractivity contribution in [1.82, 2.24) is 0 Å². The first-order valence-corrected chi connectivity index (χ1v) is 5.70. The molecule has 0 spiro atoms. The van der Waals surface area contributed by atoms with E-state index in [4.69, 9.17) is 0 Å². The standard InChI is InChI=1S/C11H10F3NOS/c1-7-3-8(2)10(4-9(7)15-6-16)17-5-11(12,13)14/h3-4H,5H2,1-2H3. The van der Waals surface area contributed by atoms with Crippen LogP contribution in [0.2, 0.25) is 0 Å². The highest BCUT2D eigenvalue weighted by molar-refractivity contribution is 7.99. The molecule has 0 radical (unpaired) electrons. The number of hydrogen-bond donors (Lipinski definition) is 0. The summed E-state index contributed by atoms with van der Waals surface area (Å²) in [6.07, 6.45) is -2.82. The second-order valence-corrected chi connectivity index (χ2v) is 4.53. The van der Waals surface area contributed by atoms with Gasteiger partial charge in [-0.25, -0.2) is 4.79 Å². The van der Waals surface area contributed by atoms with E-state index in [1.807, 2.05) is 0 Å². The van der Waals surface area contributed by atoms with Crippen molar-refractivity contribution < 1.29 is 18.0 Å². The molecule has 0 bridgehead atoms. The quantitative estimate of drug-likeness (QED) is 0.469. The molecule has 0 amide bonds. The van der Waals surface area contributed by atoms with Crippen molar-refractivity contribution in [3.8, 4) is 0 Å². The topological polar surface area (TPSA) is 29.4 Å². The molecule has 0 aliphatic heterocycles. The van der Waals surface area contributed by atoms with Crippen LogP contribution in [0.3, 0.4) is 0 Å². The highest BCUT2D eigenvalue weighted by Gasteiger charge is 2.27. The van der Waals surface area contributed by atoms with Crippen LogP contribution in [-0.2, 0) is 4.79 Å². The monoisotopic (exact) mass is 261 g/mol. The number of alkyl halides is 3. The second-order valence-electron chi connectivity index (χ2n) is 3.51. The number of isocyanates is 1. The summed E-state index contributed by atoms with van der Waals surface area (Å²) < 4.78 is 36.3. The Hall–Kier alpha value is -1.26. The Bertz CT molecular complexity index is 465. The van der Waals surface area contributed by atoms with E-state index in [1.165, 1.54) is 12.1 Å². The lowest BCUT2D eigenvalue weighted by molar-refractivity contribution is -0.105. The van der Waals surface area contributed by atoms with Gasteiger partial charge in [-0.05, 0) is 31.0 Å². The molecule has 1 aromatic carbocycles. The van der Waals surface area contributed by atoms with Gasteiger partial charge in [0.1, 0.15) is 0 Å². The number of benzene rings is 1. The zero-order chi connectivity index (χ0) is 13.1. The largest absolute Gasteiger partial charge is 0.398 e. The van der Waals surface area contributed by atoms with Gasteiger partial charge >= 0.3 is 6.18 Å². The fraction of sp³-hybridized carbons (Fsp3) is 0.364. The number of hydrogen-bond acceptors (Lipinski definition) is 3. The number of thioether (sulfide) groups is 1. The van der Waals surface area contributed by atoms with Gasteiger partial charge in [-0.1, -0.05) is 6.07 Å². The maximum absolute atomic E-state index is 12.1. The predicted molar refractivity (Wildman–Crippen MR) is 60.5 cm³/mol. The third kappa shape index (κ3) is 4.24. The van der Waals surface area contributed by atoms with E-state index in [9.17, 15) is 18.0 Å². The Morgan fingerprint density at radius 2 is 1.94 bits per heavy atom. The summed E-state index contributed by atoms with van der Waals surface area (Å²) in [6, 6.07) is 3.18. The van der Waals surface area contributed by atoms with Crippen molar-refractivity contribution in [1.29, 1.82) is 0 Å².